The number of nitrogen functional groups attached to an aromatic ring is 1. The standard InChI is InChI=1S/C14H14Cl2N2O2/c1-2-5-18-7-10(12(13(18)17)14(19)20)9-4-3-8(15)6-11(9)16/h3-4,6-7H,2,5,17H2,1H3,(H,19,20). The molecule has 0 aliphatic heterocycles. The smallest absolute Gasteiger partial charge is 0.340 e. The zero-order valence-corrected chi connectivity index (χ0v) is 12.4. The maximum absolute atomic E-state index is 11.4. The van der Waals surface area contributed by atoms with Gasteiger partial charge in [0.2, 0.25) is 0 Å². The molecule has 0 unspecified atom stereocenters. The normalized spacial score (nSPS) is 10.8. The van der Waals surface area contributed by atoms with Crippen molar-refractivity contribution >= 4 is 35.0 Å². The van der Waals surface area contributed by atoms with E-state index in [1.165, 1.54) is 0 Å². The number of carboxylic acids is 1. The van der Waals surface area contributed by atoms with Crippen LogP contribution in [0.15, 0.2) is 24.4 Å². The van der Waals surface area contributed by atoms with Crippen LogP contribution in [0.5, 0.6) is 0 Å². The predicted molar refractivity (Wildman–Crippen MR) is 81.6 cm³/mol. The molecule has 0 radical (unpaired) electrons. The van der Waals surface area contributed by atoms with Gasteiger partial charge in [0.25, 0.3) is 0 Å². The molecule has 3 N–H and O–H groups in total. The summed E-state index contributed by atoms with van der Waals surface area (Å²) in [7, 11) is 0. The van der Waals surface area contributed by atoms with Gasteiger partial charge in [-0.2, -0.15) is 0 Å². The number of aromatic nitrogens is 1. The number of rotatable bonds is 4. The van der Waals surface area contributed by atoms with Crippen LogP contribution < -0.4 is 5.73 Å². The topological polar surface area (TPSA) is 68.2 Å². The molecule has 106 valence electrons. The molecule has 0 saturated carbocycles. The molecule has 0 spiro atoms. The van der Waals surface area contributed by atoms with Gasteiger partial charge >= 0.3 is 5.97 Å². The number of nitrogens with two attached hydrogens (primary N) is 1. The zero-order valence-electron chi connectivity index (χ0n) is 10.9. The summed E-state index contributed by atoms with van der Waals surface area (Å²) in [5.41, 5.74) is 7.10. The van der Waals surface area contributed by atoms with E-state index in [0.717, 1.165) is 6.42 Å². The van der Waals surface area contributed by atoms with E-state index in [1.54, 1.807) is 29.0 Å². The van der Waals surface area contributed by atoms with Crippen molar-refractivity contribution in [2.45, 2.75) is 19.9 Å². The summed E-state index contributed by atoms with van der Waals surface area (Å²) in [4.78, 5) is 11.4. The Kier molecular flexibility index (Phi) is 4.26. The molecule has 6 heteroatoms. The van der Waals surface area contributed by atoms with Crippen molar-refractivity contribution in [3.05, 3.63) is 40.0 Å². The third kappa shape index (κ3) is 2.62. The van der Waals surface area contributed by atoms with Gasteiger partial charge in [-0.3, -0.25) is 0 Å². The Labute approximate surface area is 126 Å². The fourth-order valence-corrected chi connectivity index (χ4v) is 2.64. The van der Waals surface area contributed by atoms with Gasteiger partial charge in [-0.05, 0) is 18.6 Å². The van der Waals surface area contributed by atoms with Crippen LogP contribution in [0, 0.1) is 0 Å². The molecule has 1 aromatic heterocycles. The van der Waals surface area contributed by atoms with Crippen molar-refractivity contribution in [1.29, 1.82) is 0 Å². The van der Waals surface area contributed by atoms with Gasteiger partial charge in [0.15, 0.2) is 0 Å². The monoisotopic (exact) mass is 312 g/mol. The van der Waals surface area contributed by atoms with Gasteiger partial charge in [0.05, 0.1) is 0 Å². The van der Waals surface area contributed by atoms with Crippen molar-refractivity contribution in [3.63, 3.8) is 0 Å². The Hall–Kier alpha value is -1.65. The lowest BCUT2D eigenvalue weighted by Gasteiger charge is -2.04. The van der Waals surface area contributed by atoms with E-state index in [9.17, 15) is 9.90 Å². The van der Waals surface area contributed by atoms with Gasteiger partial charge < -0.3 is 15.4 Å². The fraction of sp³-hybridized carbons (Fsp3) is 0.214. The molecule has 0 bridgehead atoms. The highest BCUT2D eigenvalue weighted by Crippen LogP contribution is 2.36. The number of halogens is 2. The Morgan fingerprint density at radius 3 is 2.60 bits per heavy atom. The average molecular weight is 313 g/mol. The summed E-state index contributed by atoms with van der Waals surface area (Å²) in [5.74, 6) is -0.835. The molecule has 20 heavy (non-hydrogen) atoms. The first kappa shape index (κ1) is 14.8. The number of carboxylic acid groups (broad SMARTS) is 1. The van der Waals surface area contributed by atoms with Gasteiger partial charge in [0.1, 0.15) is 11.4 Å². The van der Waals surface area contributed by atoms with Crippen molar-refractivity contribution in [3.8, 4) is 11.1 Å². The largest absolute Gasteiger partial charge is 0.478 e. The van der Waals surface area contributed by atoms with Gasteiger partial charge in [-0.25, -0.2) is 4.79 Å². The number of hydrogen-bond donors (Lipinski definition) is 2. The number of nitrogens with zero attached hydrogens (tertiary/aromatic N) is 1. The molecule has 0 aliphatic rings. The van der Waals surface area contributed by atoms with E-state index >= 15 is 0 Å². The summed E-state index contributed by atoms with van der Waals surface area (Å²) in [6, 6.07) is 4.95. The molecular formula is C14H14Cl2N2O2. The Morgan fingerprint density at radius 2 is 2.05 bits per heavy atom. The third-order valence-corrected chi connectivity index (χ3v) is 3.57. The van der Waals surface area contributed by atoms with Crippen LogP contribution in [0.4, 0.5) is 5.82 Å². The summed E-state index contributed by atoms with van der Waals surface area (Å²) in [6.07, 6.45) is 2.57. The first-order valence-electron chi connectivity index (χ1n) is 6.13. The molecule has 2 rings (SSSR count). The van der Waals surface area contributed by atoms with E-state index in [2.05, 4.69) is 0 Å². The van der Waals surface area contributed by atoms with Gasteiger partial charge in [-0.1, -0.05) is 36.2 Å². The molecule has 1 aromatic carbocycles. The van der Waals surface area contributed by atoms with Crippen molar-refractivity contribution in [1.82, 2.24) is 4.57 Å². The van der Waals surface area contributed by atoms with E-state index in [4.69, 9.17) is 28.9 Å². The van der Waals surface area contributed by atoms with Crippen LogP contribution in [0.1, 0.15) is 23.7 Å². The average Bonchev–Trinajstić information content (AvgIpc) is 2.67. The van der Waals surface area contributed by atoms with Crippen LogP contribution in [-0.4, -0.2) is 15.6 Å². The number of anilines is 1. The molecule has 1 heterocycles. The van der Waals surface area contributed by atoms with E-state index in [1.807, 2.05) is 6.92 Å². The molecular weight excluding hydrogens is 299 g/mol. The SMILES string of the molecule is CCCn1cc(-c2ccc(Cl)cc2Cl)c(C(=O)O)c1N. The number of hydrogen-bond acceptors (Lipinski definition) is 2. The zero-order chi connectivity index (χ0) is 14.9. The molecule has 0 amide bonds. The Morgan fingerprint density at radius 1 is 1.35 bits per heavy atom. The summed E-state index contributed by atoms with van der Waals surface area (Å²) >= 11 is 12.0. The van der Waals surface area contributed by atoms with Crippen LogP contribution in [0.3, 0.4) is 0 Å². The first-order valence-corrected chi connectivity index (χ1v) is 6.88. The predicted octanol–water partition coefficient (Wildman–Crippen LogP) is 4.15. The van der Waals surface area contributed by atoms with E-state index in [0.29, 0.717) is 27.7 Å². The molecule has 2 aromatic rings. The molecule has 0 atom stereocenters. The van der Waals surface area contributed by atoms with Gasteiger partial charge in [-0.15, -0.1) is 0 Å². The second-order valence-corrected chi connectivity index (χ2v) is 5.27. The highest BCUT2D eigenvalue weighted by Gasteiger charge is 2.22. The number of aryl methyl sites for hydroxylation is 1. The minimum Gasteiger partial charge on any atom is -0.478 e. The molecule has 0 saturated heterocycles. The minimum absolute atomic E-state index is 0.0719. The quantitative estimate of drug-likeness (QED) is 0.891. The molecule has 4 nitrogen and oxygen atoms in total. The first-order chi connectivity index (χ1) is 9.45. The summed E-state index contributed by atoms with van der Waals surface area (Å²) in [5, 5.41) is 10.3. The minimum atomic E-state index is -1.07. The van der Waals surface area contributed by atoms with Crippen molar-refractivity contribution in [2.24, 2.45) is 0 Å². The van der Waals surface area contributed by atoms with Crippen molar-refractivity contribution < 1.29 is 9.90 Å². The Balaban J connectivity index is 2.66. The van der Waals surface area contributed by atoms with Crippen LogP contribution in [-0.2, 0) is 6.54 Å². The summed E-state index contributed by atoms with van der Waals surface area (Å²) < 4.78 is 1.73. The van der Waals surface area contributed by atoms with Crippen LogP contribution in [0.2, 0.25) is 10.0 Å². The van der Waals surface area contributed by atoms with Crippen molar-refractivity contribution in [2.75, 3.05) is 5.73 Å². The third-order valence-electron chi connectivity index (χ3n) is 3.02. The number of carbonyl (C=O) groups is 1. The molecule has 0 aliphatic carbocycles. The lowest BCUT2D eigenvalue weighted by atomic mass is 10.0. The second kappa shape index (κ2) is 5.77. The van der Waals surface area contributed by atoms with E-state index < -0.39 is 5.97 Å². The summed E-state index contributed by atoms with van der Waals surface area (Å²) in [6.45, 7) is 2.64. The van der Waals surface area contributed by atoms with Crippen LogP contribution >= 0.6 is 23.2 Å². The number of aromatic carboxylic acids is 1. The fourth-order valence-electron chi connectivity index (χ4n) is 2.13. The number of benzene rings is 1. The lowest BCUT2D eigenvalue weighted by Crippen LogP contribution is -2.06. The lowest BCUT2D eigenvalue weighted by molar-refractivity contribution is 0.0699. The van der Waals surface area contributed by atoms with Crippen LogP contribution in [0.25, 0.3) is 11.1 Å². The maximum Gasteiger partial charge on any atom is 0.340 e. The second-order valence-electron chi connectivity index (χ2n) is 4.43. The Bertz CT molecular complexity index is 665. The van der Waals surface area contributed by atoms with Gasteiger partial charge in [0, 0.05) is 33.9 Å². The highest BCUT2D eigenvalue weighted by atomic mass is 35.5. The van der Waals surface area contributed by atoms with E-state index in [-0.39, 0.29) is 11.4 Å². The molecule has 0 fully saturated rings. The highest BCUT2D eigenvalue weighted by molar-refractivity contribution is 6.36. The maximum atomic E-state index is 11.4.